The lowest BCUT2D eigenvalue weighted by Gasteiger charge is -2.25. The van der Waals surface area contributed by atoms with Gasteiger partial charge < -0.3 is 0 Å². The highest BCUT2D eigenvalue weighted by Crippen LogP contribution is 2.31. The largest absolute Gasteiger partial charge is 0.0880 e. The van der Waals surface area contributed by atoms with Gasteiger partial charge >= 0.3 is 0 Å². The van der Waals surface area contributed by atoms with Crippen LogP contribution in [0.4, 0.5) is 0 Å². The van der Waals surface area contributed by atoms with Crippen LogP contribution < -0.4 is 0 Å². The Morgan fingerprint density at radius 2 is 1.83 bits per heavy atom. The summed E-state index contributed by atoms with van der Waals surface area (Å²) in [6.07, 6.45) is 17.2. The quantitative estimate of drug-likeness (QED) is 0.510. The monoisotopic (exact) mass is 163 g/mol. The second-order valence-electron chi connectivity index (χ2n) is 4.34. The van der Waals surface area contributed by atoms with Gasteiger partial charge in [-0.1, -0.05) is 31.4 Å². The summed E-state index contributed by atoms with van der Waals surface area (Å²) in [6, 6.07) is 0. The van der Waals surface area contributed by atoms with Gasteiger partial charge in [0.25, 0.3) is 0 Å². The Hall–Kier alpha value is -0.260. The molecule has 12 heavy (non-hydrogen) atoms. The fraction of sp³-hybridized carbons (Fsp3) is 0.750. The summed E-state index contributed by atoms with van der Waals surface area (Å²) in [5.74, 6) is 1.92. The van der Waals surface area contributed by atoms with Crippen LogP contribution in [0, 0.1) is 18.3 Å². The SMILES string of the molecule is [CH]1/C=C\CC2CCCCC1CC2. The van der Waals surface area contributed by atoms with Gasteiger partial charge in [-0.2, -0.15) is 0 Å². The molecular weight excluding hydrogens is 144 g/mol. The third kappa shape index (κ3) is 2.12. The molecule has 0 spiro atoms. The van der Waals surface area contributed by atoms with Crippen LogP contribution in [0.25, 0.3) is 0 Å². The summed E-state index contributed by atoms with van der Waals surface area (Å²) < 4.78 is 0. The van der Waals surface area contributed by atoms with E-state index in [-0.39, 0.29) is 0 Å². The summed E-state index contributed by atoms with van der Waals surface area (Å²) in [6.45, 7) is 0. The number of fused-ring (bicyclic) bond motifs is 3. The van der Waals surface area contributed by atoms with E-state index in [0.717, 1.165) is 11.8 Å². The van der Waals surface area contributed by atoms with Crippen molar-refractivity contribution in [1.82, 2.24) is 0 Å². The number of hydrogen-bond acceptors (Lipinski definition) is 0. The Labute approximate surface area is 76.1 Å². The molecule has 1 saturated carbocycles. The van der Waals surface area contributed by atoms with Crippen molar-refractivity contribution >= 4 is 0 Å². The molecule has 2 atom stereocenters. The van der Waals surface area contributed by atoms with Crippen LogP contribution in [0.1, 0.15) is 44.9 Å². The van der Waals surface area contributed by atoms with Gasteiger partial charge in [0.05, 0.1) is 0 Å². The highest BCUT2D eigenvalue weighted by molar-refractivity contribution is 5.01. The van der Waals surface area contributed by atoms with E-state index in [4.69, 9.17) is 0 Å². The van der Waals surface area contributed by atoms with Gasteiger partial charge in [0.1, 0.15) is 0 Å². The predicted octanol–water partition coefficient (Wildman–Crippen LogP) is 3.74. The van der Waals surface area contributed by atoms with Crippen molar-refractivity contribution in [2.24, 2.45) is 11.8 Å². The molecular formula is C12H19. The van der Waals surface area contributed by atoms with Gasteiger partial charge in [-0.3, -0.25) is 0 Å². The lowest BCUT2D eigenvalue weighted by Crippen LogP contribution is -2.11. The van der Waals surface area contributed by atoms with Crippen LogP contribution in [0.5, 0.6) is 0 Å². The Kier molecular flexibility index (Phi) is 2.86. The molecule has 0 amide bonds. The van der Waals surface area contributed by atoms with Crippen molar-refractivity contribution in [2.45, 2.75) is 44.9 Å². The summed E-state index contributed by atoms with van der Waals surface area (Å²) in [5.41, 5.74) is 0. The Balaban J connectivity index is 2.02. The first-order valence-corrected chi connectivity index (χ1v) is 5.45. The number of allylic oxidation sites excluding steroid dienone is 2. The predicted molar refractivity (Wildman–Crippen MR) is 52.7 cm³/mol. The Morgan fingerprint density at radius 1 is 0.917 bits per heavy atom. The van der Waals surface area contributed by atoms with Crippen molar-refractivity contribution in [3.63, 3.8) is 0 Å². The van der Waals surface area contributed by atoms with Gasteiger partial charge in [0.2, 0.25) is 0 Å². The molecule has 2 aliphatic rings. The maximum Gasteiger partial charge on any atom is -0.0140 e. The summed E-state index contributed by atoms with van der Waals surface area (Å²) >= 11 is 0. The molecule has 2 bridgehead atoms. The van der Waals surface area contributed by atoms with Crippen LogP contribution in [0.3, 0.4) is 0 Å². The van der Waals surface area contributed by atoms with Crippen LogP contribution in [0.2, 0.25) is 0 Å². The lowest BCUT2D eigenvalue weighted by atomic mass is 9.81. The van der Waals surface area contributed by atoms with E-state index in [1.54, 1.807) is 0 Å². The van der Waals surface area contributed by atoms with Crippen LogP contribution in [-0.2, 0) is 0 Å². The van der Waals surface area contributed by atoms with E-state index in [0.29, 0.717) is 0 Å². The maximum absolute atomic E-state index is 2.43. The van der Waals surface area contributed by atoms with E-state index < -0.39 is 0 Å². The molecule has 2 unspecified atom stereocenters. The minimum absolute atomic E-state index is 0.907. The third-order valence-corrected chi connectivity index (χ3v) is 3.37. The molecule has 1 fully saturated rings. The molecule has 0 heterocycles. The maximum atomic E-state index is 2.43. The van der Waals surface area contributed by atoms with Gasteiger partial charge in [-0.25, -0.2) is 0 Å². The fourth-order valence-corrected chi connectivity index (χ4v) is 2.51. The zero-order valence-corrected chi connectivity index (χ0v) is 7.84. The molecule has 1 radical (unpaired) electrons. The van der Waals surface area contributed by atoms with Gasteiger partial charge in [0.15, 0.2) is 0 Å². The molecule has 0 aliphatic heterocycles. The molecule has 0 nitrogen and oxygen atoms in total. The zero-order valence-electron chi connectivity index (χ0n) is 7.84. The van der Waals surface area contributed by atoms with Gasteiger partial charge in [-0.05, 0) is 43.9 Å². The topological polar surface area (TPSA) is 0 Å². The lowest BCUT2D eigenvalue weighted by molar-refractivity contribution is 0.333. The van der Waals surface area contributed by atoms with Crippen molar-refractivity contribution in [1.29, 1.82) is 0 Å². The van der Waals surface area contributed by atoms with Gasteiger partial charge in [0, 0.05) is 0 Å². The minimum atomic E-state index is 0.907. The van der Waals surface area contributed by atoms with E-state index >= 15 is 0 Å². The first-order valence-electron chi connectivity index (χ1n) is 5.45. The van der Waals surface area contributed by atoms with Crippen LogP contribution in [-0.4, -0.2) is 0 Å². The molecule has 2 rings (SSSR count). The van der Waals surface area contributed by atoms with Gasteiger partial charge in [-0.15, -0.1) is 0 Å². The smallest absolute Gasteiger partial charge is 0.0140 e. The second kappa shape index (κ2) is 4.11. The molecule has 0 saturated heterocycles. The van der Waals surface area contributed by atoms with E-state index in [2.05, 4.69) is 18.6 Å². The molecule has 0 aromatic carbocycles. The van der Waals surface area contributed by atoms with Crippen molar-refractivity contribution < 1.29 is 0 Å². The molecule has 0 N–H and O–H groups in total. The molecule has 0 aromatic rings. The average Bonchev–Trinajstić information content (AvgIpc) is 2.03. The van der Waals surface area contributed by atoms with Crippen LogP contribution >= 0.6 is 0 Å². The second-order valence-corrected chi connectivity index (χ2v) is 4.34. The molecule has 0 heteroatoms. The zero-order chi connectivity index (χ0) is 8.23. The Morgan fingerprint density at radius 3 is 2.83 bits per heavy atom. The number of hydrogen-bond donors (Lipinski definition) is 0. The summed E-state index contributed by atoms with van der Waals surface area (Å²) in [5, 5.41) is 0. The fourth-order valence-electron chi connectivity index (χ4n) is 2.51. The van der Waals surface area contributed by atoms with Crippen molar-refractivity contribution in [2.75, 3.05) is 0 Å². The summed E-state index contributed by atoms with van der Waals surface area (Å²) in [4.78, 5) is 0. The van der Waals surface area contributed by atoms with E-state index in [1.807, 2.05) is 0 Å². The van der Waals surface area contributed by atoms with Crippen molar-refractivity contribution in [3.05, 3.63) is 18.6 Å². The minimum Gasteiger partial charge on any atom is -0.0880 e. The van der Waals surface area contributed by atoms with Crippen molar-refractivity contribution in [3.8, 4) is 0 Å². The normalized spacial score (nSPS) is 39.3. The van der Waals surface area contributed by atoms with E-state index in [1.165, 1.54) is 44.9 Å². The first-order chi connectivity index (χ1) is 5.95. The number of rotatable bonds is 0. The molecule has 0 aromatic heterocycles. The highest BCUT2D eigenvalue weighted by atomic mass is 14.2. The Bertz CT molecular complexity index is 139. The third-order valence-electron chi connectivity index (χ3n) is 3.37. The van der Waals surface area contributed by atoms with E-state index in [9.17, 15) is 0 Å². The standard InChI is InChI=1S/C12H19/c1-2-6-12-8-4-3-7-11(5-1)9-10-12/h1-2,5,11-12H,3-4,6-10H2/b2-1-. The molecule has 67 valence electrons. The highest BCUT2D eigenvalue weighted by Gasteiger charge is 2.17. The average molecular weight is 163 g/mol. The first kappa shape index (κ1) is 8.34. The molecule has 2 aliphatic carbocycles. The summed E-state index contributed by atoms with van der Waals surface area (Å²) in [7, 11) is 0. The van der Waals surface area contributed by atoms with Crippen LogP contribution in [0.15, 0.2) is 12.2 Å².